The summed E-state index contributed by atoms with van der Waals surface area (Å²) in [6, 6.07) is 2.05. The van der Waals surface area contributed by atoms with Crippen LogP contribution in [-0.2, 0) is 4.74 Å². The van der Waals surface area contributed by atoms with Crippen LogP contribution in [-0.4, -0.2) is 64.3 Å². The highest BCUT2D eigenvalue weighted by atomic mass is 32.2. The van der Waals surface area contributed by atoms with Gasteiger partial charge in [0.05, 0.1) is 29.1 Å². The maximum Gasteiger partial charge on any atom is 0.211 e. The van der Waals surface area contributed by atoms with Gasteiger partial charge < -0.3 is 19.3 Å². The third-order valence-corrected chi connectivity index (χ3v) is 9.66. The van der Waals surface area contributed by atoms with E-state index in [9.17, 15) is 0 Å². The van der Waals surface area contributed by atoms with E-state index in [1.165, 1.54) is 19.3 Å². The van der Waals surface area contributed by atoms with Crippen LogP contribution in [0.15, 0.2) is 40.6 Å². The number of rotatable bonds is 3. The van der Waals surface area contributed by atoms with E-state index in [4.69, 9.17) is 24.4 Å². The normalized spacial score (nSPS) is 24.6. The number of fused-ring (bicyclic) bond motifs is 2. The van der Waals surface area contributed by atoms with E-state index >= 15 is 0 Å². The number of ether oxygens (including phenoxy) is 2. The number of anilines is 2. The Hall–Kier alpha value is -2.52. The standard InChI is InChI=1S/C26H32N6O2S/c1-18-15-25(17-34-18)6-11-31(12-7-25)24-29-16-20(22-28-10-13-32(22)24)35-19-3-9-27-23-21(19)33-14-8-26(4-5-26)30(23)2/h3,9-10,13,16,18H,4-8,11-12,14-15,17H2,1-2H3/t18-/m0/s1. The largest absolute Gasteiger partial charge is 0.488 e. The Balaban J connectivity index is 1.16. The predicted molar refractivity (Wildman–Crippen MR) is 136 cm³/mol. The SMILES string of the molecule is C[C@H]1CC2(CCN(c3ncc(Sc4ccnc5c4OCCC4(CC4)N5C)c4nccn34)CC2)CO1. The molecule has 9 heteroatoms. The van der Waals surface area contributed by atoms with Crippen molar-refractivity contribution in [3.05, 3.63) is 30.9 Å². The second-order valence-electron chi connectivity index (χ2n) is 10.8. The fourth-order valence-corrected chi connectivity index (χ4v) is 7.18. The maximum absolute atomic E-state index is 6.27. The predicted octanol–water partition coefficient (Wildman–Crippen LogP) is 4.42. The van der Waals surface area contributed by atoms with Gasteiger partial charge in [0.2, 0.25) is 5.95 Å². The Kier molecular flexibility index (Phi) is 4.97. The van der Waals surface area contributed by atoms with E-state index in [-0.39, 0.29) is 5.54 Å². The summed E-state index contributed by atoms with van der Waals surface area (Å²) in [6.07, 6.45) is 15.1. The van der Waals surface area contributed by atoms with Gasteiger partial charge >= 0.3 is 0 Å². The van der Waals surface area contributed by atoms with E-state index in [0.29, 0.717) is 11.5 Å². The van der Waals surface area contributed by atoms with Gasteiger partial charge in [-0.3, -0.25) is 4.40 Å². The molecule has 2 saturated heterocycles. The lowest BCUT2D eigenvalue weighted by Gasteiger charge is -2.39. The molecule has 3 aromatic rings. The van der Waals surface area contributed by atoms with E-state index in [1.54, 1.807) is 11.8 Å². The molecule has 184 valence electrons. The van der Waals surface area contributed by atoms with Crippen LogP contribution < -0.4 is 14.5 Å². The van der Waals surface area contributed by atoms with Crippen LogP contribution in [0.5, 0.6) is 5.75 Å². The zero-order valence-electron chi connectivity index (χ0n) is 20.4. The van der Waals surface area contributed by atoms with Crippen molar-refractivity contribution in [2.75, 3.05) is 43.2 Å². The third-order valence-electron chi connectivity index (χ3n) is 8.62. The third kappa shape index (κ3) is 3.57. The Labute approximate surface area is 210 Å². The highest BCUT2D eigenvalue weighted by molar-refractivity contribution is 7.99. The zero-order valence-corrected chi connectivity index (χ0v) is 21.3. The van der Waals surface area contributed by atoms with Gasteiger partial charge in [-0.1, -0.05) is 11.8 Å². The molecule has 3 aliphatic heterocycles. The molecule has 2 spiro atoms. The summed E-state index contributed by atoms with van der Waals surface area (Å²) in [5, 5.41) is 0. The van der Waals surface area contributed by atoms with Crippen LogP contribution in [0.2, 0.25) is 0 Å². The first kappa shape index (κ1) is 21.7. The van der Waals surface area contributed by atoms with Crippen LogP contribution in [0.3, 0.4) is 0 Å². The topological polar surface area (TPSA) is 68.0 Å². The molecule has 1 atom stereocenters. The molecule has 6 heterocycles. The highest BCUT2D eigenvalue weighted by Crippen LogP contribution is 2.51. The van der Waals surface area contributed by atoms with E-state index in [2.05, 4.69) is 28.2 Å². The van der Waals surface area contributed by atoms with Crippen molar-refractivity contribution in [2.45, 2.75) is 66.9 Å². The molecule has 4 aliphatic rings. The molecule has 0 unspecified atom stereocenters. The molecule has 0 bridgehead atoms. The smallest absolute Gasteiger partial charge is 0.211 e. The van der Waals surface area contributed by atoms with Gasteiger partial charge in [-0.2, -0.15) is 0 Å². The van der Waals surface area contributed by atoms with Crippen LogP contribution in [0, 0.1) is 5.41 Å². The number of pyridine rings is 1. The second kappa shape index (κ2) is 8.00. The van der Waals surface area contributed by atoms with Crippen molar-refractivity contribution >= 4 is 29.2 Å². The van der Waals surface area contributed by atoms with Gasteiger partial charge in [0.25, 0.3) is 0 Å². The average molecular weight is 493 g/mol. The second-order valence-corrected chi connectivity index (χ2v) is 11.9. The van der Waals surface area contributed by atoms with Crippen molar-refractivity contribution in [2.24, 2.45) is 5.41 Å². The average Bonchev–Trinajstić information content (AvgIpc) is 3.37. The van der Waals surface area contributed by atoms with Gasteiger partial charge in [0.1, 0.15) is 0 Å². The lowest BCUT2D eigenvalue weighted by molar-refractivity contribution is 0.0975. The molecule has 0 aromatic carbocycles. The van der Waals surface area contributed by atoms with Gasteiger partial charge in [-0.25, -0.2) is 15.0 Å². The molecule has 0 N–H and O–H groups in total. The summed E-state index contributed by atoms with van der Waals surface area (Å²) in [5.41, 5.74) is 1.52. The lowest BCUT2D eigenvalue weighted by atomic mass is 9.77. The minimum Gasteiger partial charge on any atom is -0.488 e. The molecule has 7 rings (SSSR count). The zero-order chi connectivity index (χ0) is 23.6. The molecule has 0 amide bonds. The molecule has 3 fully saturated rings. The number of hydrogen-bond acceptors (Lipinski definition) is 8. The van der Waals surface area contributed by atoms with Crippen molar-refractivity contribution in [1.29, 1.82) is 0 Å². The van der Waals surface area contributed by atoms with Crippen LogP contribution in [0.4, 0.5) is 11.8 Å². The van der Waals surface area contributed by atoms with Crippen molar-refractivity contribution in [3.8, 4) is 5.75 Å². The number of aromatic nitrogens is 4. The molecule has 8 nitrogen and oxygen atoms in total. The van der Waals surface area contributed by atoms with E-state index in [0.717, 1.165) is 78.5 Å². The number of hydrogen-bond donors (Lipinski definition) is 0. The summed E-state index contributed by atoms with van der Waals surface area (Å²) < 4.78 is 14.3. The first-order valence-corrected chi connectivity index (χ1v) is 13.6. The maximum atomic E-state index is 6.27. The molecular weight excluding hydrogens is 460 g/mol. The van der Waals surface area contributed by atoms with E-state index < -0.39 is 0 Å². The fraction of sp³-hybridized carbons (Fsp3) is 0.577. The van der Waals surface area contributed by atoms with Crippen molar-refractivity contribution in [3.63, 3.8) is 0 Å². The number of nitrogens with zero attached hydrogens (tertiary/aromatic N) is 6. The quantitative estimate of drug-likeness (QED) is 0.532. The van der Waals surface area contributed by atoms with Crippen molar-refractivity contribution in [1.82, 2.24) is 19.4 Å². The Morgan fingerprint density at radius 1 is 1.03 bits per heavy atom. The van der Waals surface area contributed by atoms with Gasteiger partial charge in [-0.15, -0.1) is 0 Å². The summed E-state index contributed by atoms with van der Waals surface area (Å²) in [6.45, 7) is 5.83. The van der Waals surface area contributed by atoms with Gasteiger partial charge in [-0.05, 0) is 50.5 Å². The number of piperidine rings is 1. The molecular formula is C26H32N6O2S. The summed E-state index contributed by atoms with van der Waals surface area (Å²) in [7, 11) is 2.16. The Morgan fingerprint density at radius 3 is 2.66 bits per heavy atom. The minimum absolute atomic E-state index is 0.233. The minimum atomic E-state index is 0.233. The summed E-state index contributed by atoms with van der Waals surface area (Å²) in [5.74, 6) is 2.80. The lowest BCUT2D eigenvalue weighted by Crippen LogP contribution is -2.41. The van der Waals surface area contributed by atoms with Crippen molar-refractivity contribution < 1.29 is 9.47 Å². The summed E-state index contributed by atoms with van der Waals surface area (Å²) >= 11 is 1.67. The molecule has 0 radical (unpaired) electrons. The fourth-order valence-electron chi connectivity index (χ4n) is 6.22. The molecule has 1 saturated carbocycles. The van der Waals surface area contributed by atoms with Gasteiger partial charge in [0.15, 0.2) is 17.2 Å². The van der Waals surface area contributed by atoms with Crippen LogP contribution >= 0.6 is 11.8 Å². The number of imidazole rings is 1. The first-order chi connectivity index (χ1) is 17.1. The van der Waals surface area contributed by atoms with Crippen LogP contribution in [0.25, 0.3) is 5.65 Å². The highest BCUT2D eigenvalue weighted by Gasteiger charge is 2.49. The molecule has 35 heavy (non-hydrogen) atoms. The van der Waals surface area contributed by atoms with Crippen LogP contribution in [0.1, 0.15) is 45.4 Å². The van der Waals surface area contributed by atoms with E-state index in [1.807, 2.05) is 30.9 Å². The molecule has 3 aromatic heterocycles. The monoisotopic (exact) mass is 492 g/mol. The first-order valence-electron chi connectivity index (χ1n) is 12.8. The Morgan fingerprint density at radius 2 is 1.89 bits per heavy atom. The summed E-state index contributed by atoms with van der Waals surface area (Å²) in [4.78, 5) is 21.2. The van der Waals surface area contributed by atoms with Gasteiger partial charge in [0, 0.05) is 56.9 Å². The Bertz CT molecular complexity index is 1270. The molecule has 1 aliphatic carbocycles.